The van der Waals surface area contributed by atoms with Gasteiger partial charge in [-0.3, -0.25) is 0 Å². The summed E-state index contributed by atoms with van der Waals surface area (Å²) in [4.78, 5) is 0. The van der Waals surface area contributed by atoms with Crippen molar-refractivity contribution in [2.24, 2.45) is 0 Å². The topological polar surface area (TPSA) is 18.5 Å². The fraction of sp³-hybridized carbons (Fsp3) is 0.846. The number of terminal acetylenes is 1. The third-order valence-electron chi connectivity index (χ3n) is 2.71. The number of hydrogen-bond donors (Lipinski definition) is 0. The van der Waals surface area contributed by atoms with Gasteiger partial charge in [0.1, 0.15) is 6.10 Å². The normalized spacial score (nSPS) is 23.3. The molecule has 1 rings (SSSR count). The molecule has 1 fully saturated rings. The number of hydrogen-bond acceptors (Lipinski definition) is 2. The van der Waals surface area contributed by atoms with Gasteiger partial charge in [0.05, 0.1) is 0 Å². The Labute approximate surface area is 93.3 Å². The molecule has 0 saturated carbocycles. The molecule has 0 aromatic carbocycles. The van der Waals surface area contributed by atoms with Gasteiger partial charge in [-0.2, -0.15) is 0 Å². The summed E-state index contributed by atoms with van der Waals surface area (Å²) in [5, 5.41) is 0. The van der Waals surface area contributed by atoms with Gasteiger partial charge in [-0.25, -0.2) is 0 Å². The number of unbranched alkanes of at least 4 members (excludes halogenated alkanes) is 2. The van der Waals surface area contributed by atoms with Gasteiger partial charge in [-0.15, -0.1) is 6.42 Å². The van der Waals surface area contributed by atoms with E-state index in [1.807, 2.05) is 0 Å². The van der Waals surface area contributed by atoms with Gasteiger partial charge in [0.2, 0.25) is 0 Å². The summed E-state index contributed by atoms with van der Waals surface area (Å²) < 4.78 is 11.2. The zero-order valence-corrected chi connectivity index (χ0v) is 9.71. The maximum Gasteiger partial charge on any atom is 0.159 e. The van der Waals surface area contributed by atoms with E-state index in [2.05, 4.69) is 12.8 Å². The lowest BCUT2D eigenvalue weighted by atomic mass is 10.1. The first-order chi connectivity index (χ1) is 7.36. The molecule has 15 heavy (non-hydrogen) atoms. The van der Waals surface area contributed by atoms with Gasteiger partial charge >= 0.3 is 0 Å². The molecule has 2 heteroatoms. The van der Waals surface area contributed by atoms with Crippen LogP contribution in [-0.2, 0) is 9.47 Å². The molecule has 2 atom stereocenters. The molecule has 1 aliphatic heterocycles. The monoisotopic (exact) mass is 210 g/mol. The first-order valence-corrected chi connectivity index (χ1v) is 6.10. The molecule has 1 aliphatic rings. The molecule has 0 aromatic rings. The van der Waals surface area contributed by atoms with Gasteiger partial charge in [-0.1, -0.05) is 25.7 Å². The Morgan fingerprint density at radius 3 is 2.93 bits per heavy atom. The third kappa shape index (κ3) is 5.20. The first-order valence-electron chi connectivity index (χ1n) is 6.10. The lowest BCUT2D eigenvalue weighted by Gasteiger charge is -2.25. The molecule has 86 valence electrons. The molecule has 2 nitrogen and oxygen atoms in total. The molecule has 0 spiro atoms. The minimum Gasteiger partial charge on any atom is -0.353 e. The quantitative estimate of drug-likeness (QED) is 0.495. The Morgan fingerprint density at radius 1 is 1.47 bits per heavy atom. The van der Waals surface area contributed by atoms with Crippen molar-refractivity contribution < 1.29 is 9.47 Å². The summed E-state index contributed by atoms with van der Waals surface area (Å²) >= 11 is 0. The Balaban J connectivity index is 2.17. The highest BCUT2D eigenvalue weighted by molar-refractivity contribution is 4.94. The van der Waals surface area contributed by atoms with Crippen LogP contribution in [0.25, 0.3) is 0 Å². The van der Waals surface area contributed by atoms with E-state index in [1.54, 1.807) is 0 Å². The van der Waals surface area contributed by atoms with Crippen LogP contribution in [0.1, 0.15) is 51.9 Å². The summed E-state index contributed by atoms with van der Waals surface area (Å²) in [6.45, 7) is 3.01. The molecule has 0 aliphatic carbocycles. The van der Waals surface area contributed by atoms with Crippen molar-refractivity contribution in [3.63, 3.8) is 0 Å². The van der Waals surface area contributed by atoms with Crippen molar-refractivity contribution in [2.45, 2.75) is 64.3 Å². The smallest absolute Gasteiger partial charge is 0.159 e. The molecule has 1 heterocycles. The van der Waals surface area contributed by atoms with E-state index in [0.717, 1.165) is 32.3 Å². The fourth-order valence-corrected chi connectivity index (χ4v) is 1.77. The maximum atomic E-state index is 5.73. The van der Waals surface area contributed by atoms with Gasteiger partial charge in [0.25, 0.3) is 0 Å². The number of rotatable bonds is 6. The minimum atomic E-state index is -0.0559. The van der Waals surface area contributed by atoms with Crippen LogP contribution in [0.5, 0.6) is 0 Å². The largest absolute Gasteiger partial charge is 0.353 e. The highest BCUT2D eigenvalue weighted by Gasteiger charge is 2.17. The van der Waals surface area contributed by atoms with Gasteiger partial charge in [0, 0.05) is 6.61 Å². The van der Waals surface area contributed by atoms with E-state index in [1.165, 1.54) is 19.3 Å². The molecule has 0 amide bonds. The minimum absolute atomic E-state index is 0.0542. The lowest BCUT2D eigenvalue weighted by molar-refractivity contribution is -0.177. The summed E-state index contributed by atoms with van der Waals surface area (Å²) in [5.74, 6) is 2.71. The van der Waals surface area contributed by atoms with Crippen LogP contribution in [0.4, 0.5) is 0 Å². The standard InChI is InChI=1S/C13H22O2/c1-3-5-6-9-12(4-2)15-13-10-7-8-11-14-13/h2,12-13H,3,5-11H2,1H3. The van der Waals surface area contributed by atoms with Crippen LogP contribution in [0, 0.1) is 12.3 Å². The zero-order chi connectivity index (χ0) is 10.9. The molecule has 1 saturated heterocycles. The molecular formula is C13H22O2. The Kier molecular flexibility index (Phi) is 6.47. The predicted molar refractivity (Wildman–Crippen MR) is 61.4 cm³/mol. The first kappa shape index (κ1) is 12.5. The van der Waals surface area contributed by atoms with Gasteiger partial charge in [-0.05, 0) is 32.1 Å². The van der Waals surface area contributed by atoms with E-state index in [0.29, 0.717) is 0 Å². The second kappa shape index (κ2) is 7.73. The van der Waals surface area contributed by atoms with Crippen LogP contribution < -0.4 is 0 Å². The highest BCUT2D eigenvalue weighted by Crippen LogP contribution is 2.17. The fourth-order valence-electron chi connectivity index (χ4n) is 1.77. The maximum absolute atomic E-state index is 5.73. The van der Waals surface area contributed by atoms with Crippen molar-refractivity contribution in [1.29, 1.82) is 0 Å². The SMILES string of the molecule is C#CC(CCCCC)OC1CCCCO1. The van der Waals surface area contributed by atoms with Crippen LogP contribution in [0.3, 0.4) is 0 Å². The van der Waals surface area contributed by atoms with Crippen molar-refractivity contribution in [3.05, 3.63) is 0 Å². The Hall–Kier alpha value is -0.520. The average Bonchev–Trinajstić information content (AvgIpc) is 2.29. The second-order valence-corrected chi connectivity index (χ2v) is 4.08. The zero-order valence-electron chi connectivity index (χ0n) is 9.71. The average molecular weight is 210 g/mol. The second-order valence-electron chi connectivity index (χ2n) is 4.08. The van der Waals surface area contributed by atoms with Gasteiger partial charge in [0.15, 0.2) is 6.29 Å². The summed E-state index contributed by atoms with van der Waals surface area (Å²) in [6, 6.07) is 0. The van der Waals surface area contributed by atoms with Crippen molar-refractivity contribution >= 4 is 0 Å². The van der Waals surface area contributed by atoms with E-state index >= 15 is 0 Å². The van der Waals surface area contributed by atoms with Crippen LogP contribution in [-0.4, -0.2) is 19.0 Å². The van der Waals surface area contributed by atoms with E-state index in [-0.39, 0.29) is 12.4 Å². The highest BCUT2D eigenvalue weighted by atomic mass is 16.7. The van der Waals surface area contributed by atoms with Crippen LogP contribution in [0.15, 0.2) is 0 Å². The van der Waals surface area contributed by atoms with E-state index in [4.69, 9.17) is 15.9 Å². The molecule has 0 N–H and O–H groups in total. The van der Waals surface area contributed by atoms with Crippen LogP contribution in [0.2, 0.25) is 0 Å². The van der Waals surface area contributed by atoms with Crippen molar-refractivity contribution in [2.75, 3.05) is 6.61 Å². The molecule has 0 radical (unpaired) electrons. The Morgan fingerprint density at radius 2 is 2.33 bits per heavy atom. The summed E-state index contributed by atoms with van der Waals surface area (Å²) in [7, 11) is 0. The van der Waals surface area contributed by atoms with Crippen molar-refractivity contribution in [3.8, 4) is 12.3 Å². The molecular weight excluding hydrogens is 188 g/mol. The van der Waals surface area contributed by atoms with Crippen LogP contribution >= 0.6 is 0 Å². The van der Waals surface area contributed by atoms with Crippen molar-refractivity contribution in [1.82, 2.24) is 0 Å². The summed E-state index contributed by atoms with van der Waals surface area (Å²) in [5.41, 5.74) is 0. The third-order valence-corrected chi connectivity index (χ3v) is 2.71. The van der Waals surface area contributed by atoms with Gasteiger partial charge < -0.3 is 9.47 Å². The van der Waals surface area contributed by atoms with E-state index in [9.17, 15) is 0 Å². The predicted octanol–water partition coefficient (Wildman–Crippen LogP) is 3.11. The molecule has 0 aromatic heterocycles. The number of ether oxygens (including phenoxy) is 2. The summed E-state index contributed by atoms with van der Waals surface area (Å²) in [6.07, 6.45) is 13.2. The Bertz CT molecular complexity index is 189. The molecule has 0 bridgehead atoms. The molecule has 2 unspecified atom stereocenters. The van der Waals surface area contributed by atoms with E-state index < -0.39 is 0 Å². The lowest BCUT2D eigenvalue weighted by Crippen LogP contribution is -2.27.